The predicted molar refractivity (Wildman–Crippen MR) is 76.7 cm³/mol. The summed E-state index contributed by atoms with van der Waals surface area (Å²) < 4.78 is 0. The summed E-state index contributed by atoms with van der Waals surface area (Å²) in [5.74, 6) is 2.16. The molecule has 0 aromatic carbocycles. The molecule has 1 aliphatic heterocycles. The second-order valence-corrected chi connectivity index (χ2v) is 7.15. The van der Waals surface area contributed by atoms with Crippen molar-refractivity contribution in [3.05, 3.63) is 0 Å². The van der Waals surface area contributed by atoms with Crippen molar-refractivity contribution in [2.45, 2.75) is 63.8 Å². The minimum absolute atomic E-state index is 0.560. The first-order chi connectivity index (χ1) is 8.31. The number of hydrogen-bond acceptors (Lipinski definition) is 2. The van der Waals surface area contributed by atoms with E-state index in [1.165, 1.54) is 70.9 Å². The van der Waals surface area contributed by atoms with E-state index in [-0.39, 0.29) is 0 Å². The van der Waals surface area contributed by atoms with Crippen LogP contribution >= 0.6 is 12.6 Å². The second-order valence-electron chi connectivity index (χ2n) is 6.83. The molecule has 0 spiro atoms. The summed E-state index contributed by atoms with van der Waals surface area (Å²) >= 11 is 4.71. The van der Waals surface area contributed by atoms with Gasteiger partial charge in [0.05, 0.1) is 0 Å². The molecule has 1 heterocycles. The van der Waals surface area contributed by atoms with Crippen molar-refractivity contribution in [3.63, 3.8) is 0 Å². The van der Waals surface area contributed by atoms with Crippen LogP contribution in [0.15, 0.2) is 0 Å². The van der Waals surface area contributed by atoms with Crippen LogP contribution in [0.25, 0.3) is 0 Å². The smallest absolute Gasteiger partial charge is 0.00988 e. The fourth-order valence-electron chi connectivity index (χ4n) is 4.50. The van der Waals surface area contributed by atoms with Gasteiger partial charge in [0, 0.05) is 19.1 Å². The Morgan fingerprint density at radius 2 is 1.82 bits per heavy atom. The fourth-order valence-corrected chi connectivity index (χ4v) is 4.91. The van der Waals surface area contributed by atoms with Gasteiger partial charge in [0.2, 0.25) is 0 Å². The standard InChI is InChI=1S/C15H27NS/c17-12-15(7-3-1-2-4-8-15)11-16-10-13-5-6-14(16)9-13/h13-14,17H,1-12H2. The van der Waals surface area contributed by atoms with Crippen molar-refractivity contribution in [1.82, 2.24) is 4.90 Å². The van der Waals surface area contributed by atoms with Crippen LogP contribution < -0.4 is 0 Å². The molecule has 2 saturated carbocycles. The normalized spacial score (nSPS) is 37.2. The van der Waals surface area contributed by atoms with Crippen LogP contribution in [-0.2, 0) is 0 Å². The first kappa shape index (κ1) is 12.3. The molecule has 0 aromatic heterocycles. The maximum absolute atomic E-state index is 4.71. The number of hydrogen-bond donors (Lipinski definition) is 1. The molecule has 0 aromatic rings. The Hall–Kier alpha value is 0.310. The van der Waals surface area contributed by atoms with E-state index in [0.29, 0.717) is 5.41 Å². The minimum atomic E-state index is 0.560. The number of thiol groups is 1. The number of fused-ring (bicyclic) bond motifs is 2. The lowest BCUT2D eigenvalue weighted by molar-refractivity contribution is 0.121. The van der Waals surface area contributed by atoms with Gasteiger partial charge in [0.15, 0.2) is 0 Å². The molecule has 3 aliphatic rings. The van der Waals surface area contributed by atoms with Crippen LogP contribution in [0.1, 0.15) is 57.8 Å². The molecular formula is C15H27NS. The number of rotatable bonds is 3. The van der Waals surface area contributed by atoms with Crippen LogP contribution in [0.3, 0.4) is 0 Å². The quantitative estimate of drug-likeness (QED) is 0.592. The van der Waals surface area contributed by atoms with E-state index in [0.717, 1.165) is 17.7 Å². The van der Waals surface area contributed by atoms with Crippen LogP contribution in [0.4, 0.5) is 0 Å². The van der Waals surface area contributed by atoms with Crippen molar-refractivity contribution in [2.24, 2.45) is 11.3 Å². The van der Waals surface area contributed by atoms with Crippen molar-refractivity contribution in [3.8, 4) is 0 Å². The van der Waals surface area contributed by atoms with Gasteiger partial charge in [-0.1, -0.05) is 25.7 Å². The Morgan fingerprint density at radius 1 is 1.06 bits per heavy atom. The van der Waals surface area contributed by atoms with E-state index in [4.69, 9.17) is 12.6 Å². The van der Waals surface area contributed by atoms with E-state index < -0.39 is 0 Å². The SMILES string of the molecule is SCC1(CN2CC3CCC2C3)CCCCCC1. The average Bonchev–Trinajstić information content (AvgIpc) is 2.87. The maximum Gasteiger partial charge on any atom is 0.00988 e. The molecule has 2 aliphatic carbocycles. The number of likely N-dealkylation sites (tertiary alicyclic amines) is 1. The molecular weight excluding hydrogens is 226 g/mol. The highest BCUT2D eigenvalue weighted by Crippen LogP contribution is 2.42. The zero-order valence-electron chi connectivity index (χ0n) is 11.0. The molecule has 3 rings (SSSR count). The lowest BCUT2D eigenvalue weighted by Crippen LogP contribution is -2.42. The molecule has 2 atom stereocenters. The molecule has 3 fully saturated rings. The Balaban J connectivity index is 1.64. The lowest BCUT2D eigenvalue weighted by Gasteiger charge is -2.39. The van der Waals surface area contributed by atoms with Gasteiger partial charge in [-0.25, -0.2) is 0 Å². The molecule has 17 heavy (non-hydrogen) atoms. The van der Waals surface area contributed by atoms with Gasteiger partial charge in [-0.15, -0.1) is 0 Å². The molecule has 2 bridgehead atoms. The minimum Gasteiger partial charge on any atom is -0.300 e. The van der Waals surface area contributed by atoms with Crippen molar-refractivity contribution in [1.29, 1.82) is 0 Å². The Kier molecular flexibility index (Phi) is 3.72. The van der Waals surface area contributed by atoms with Gasteiger partial charge in [0.1, 0.15) is 0 Å². The number of piperidine rings is 1. The first-order valence-corrected chi connectivity index (χ1v) is 8.29. The summed E-state index contributed by atoms with van der Waals surface area (Å²) in [5, 5.41) is 0. The zero-order chi connectivity index (χ0) is 11.7. The predicted octanol–water partition coefficient (Wildman–Crippen LogP) is 3.74. The molecule has 1 saturated heterocycles. The summed E-state index contributed by atoms with van der Waals surface area (Å²) in [6.07, 6.45) is 13.2. The Bertz CT molecular complexity index is 258. The molecule has 0 N–H and O–H groups in total. The summed E-state index contributed by atoms with van der Waals surface area (Å²) in [5.41, 5.74) is 0.560. The van der Waals surface area contributed by atoms with Crippen molar-refractivity contribution in [2.75, 3.05) is 18.8 Å². The molecule has 0 radical (unpaired) electrons. The summed E-state index contributed by atoms with van der Waals surface area (Å²) in [7, 11) is 0. The summed E-state index contributed by atoms with van der Waals surface area (Å²) in [6, 6.07) is 0.944. The maximum atomic E-state index is 4.71. The molecule has 2 heteroatoms. The van der Waals surface area contributed by atoms with Gasteiger partial charge in [0.25, 0.3) is 0 Å². The highest BCUT2D eigenvalue weighted by Gasteiger charge is 2.41. The van der Waals surface area contributed by atoms with Gasteiger partial charge in [-0.2, -0.15) is 12.6 Å². The van der Waals surface area contributed by atoms with E-state index in [1.807, 2.05) is 0 Å². The van der Waals surface area contributed by atoms with Crippen LogP contribution in [-0.4, -0.2) is 29.8 Å². The fraction of sp³-hybridized carbons (Fsp3) is 1.00. The van der Waals surface area contributed by atoms with E-state index in [9.17, 15) is 0 Å². The monoisotopic (exact) mass is 253 g/mol. The third kappa shape index (κ3) is 2.53. The lowest BCUT2D eigenvalue weighted by atomic mass is 9.81. The Morgan fingerprint density at radius 3 is 2.35 bits per heavy atom. The van der Waals surface area contributed by atoms with Gasteiger partial charge < -0.3 is 0 Å². The average molecular weight is 253 g/mol. The molecule has 2 unspecified atom stereocenters. The van der Waals surface area contributed by atoms with E-state index in [2.05, 4.69) is 4.90 Å². The Labute approximate surface area is 112 Å². The van der Waals surface area contributed by atoms with Gasteiger partial charge in [-0.05, 0) is 49.2 Å². The highest BCUT2D eigenvalue weighted by atomic mass is 32.1. The second kappa shape index (κ2) is 5.13. The summed E-state index contributed by atoms with van der Waals surface area (Å²) in [4.78, 5) is 2.83. The van der Waals surface area contributed by atoms with Crippen molar-refractivity contribution >= 4 is 12.6 Å². The topological polar surface area (TPSA) is 3.24 Å². The van der Waals surface area contributed by atoms with Gasteiger partial charge in [-0.3, -0.25) is 4.90 Å². The van der Waals surface area contributed by atoms with Crippen LogP contribution in [0, 0.1) is 11.3 Å². The van der Waals surface area contributed by atoms with E-state index in [1.54, 1.807) is 0 Å². The number of nitrogens with zero attached hydrogens (tertiary/aromatic N) is 1. The zero-order valence-corrected chi connectivity index (χ0v) is 11.9. The molecule has 98 valence electrons. The molecule has 1 nitrogen and oxygen atoms in total. The van der Waals surface area contributed by atoms with Crippen LogP contribution in [0.5, 0.6) is 0 Å². The van der Waals surface area contributed by atoms with E-state index >= 15 is 0 Å². The largest absolute Gasteiger partial charge is 0.300 e. The van der Waals surface area contributed by atoms with Crippen LogP contribution in [0.2, 0.25) is 0 Å². The summed E-state index contributed by atoms with van der Waals surface area (Å²) in [6.45, 7) is 2.76. The van der Waals surface area contributed by atoms with Gasteiger partial charge >= 0.3 is 0 Å². The van der Waals surface area contributed by atoms with Crippen molar-refractivity contribution < 1.29 is 0 Å². The third-order valence-electron chi connectivity index (χ3n) is 5.56. The highest BCUT2D eigenvalue weighted by molar-refractivity contribution is 7.80. The third-order valence-corrected chi connectivity index (χ3v) is 6.23. The first-order valence-electron chi connectivity index (χ1n) is 7.66. The molecule has 0 amide bonds.